The molecule has 0 aliphatic carbocycles. The maximum absolute atomic E-state index is 12.5. The molecule has 1 aromatic carbocycles. The highest BCUT2D eigenvalue weighted by molar-refractivity contribution is 5.92. The van der Waals surface area contributed by atoms with Crippen LogP contribution in [0.4, 0.5) is 0 Å². The van der Waals surface area contributed by atoms with Gasteiger partial charge in [0.05, 0.1) is 0 Å². The predicted molar refractivity (Wildman–Crippen MR) is 107 cm³/mol. The average molecular weight is 383 g/mol. The average Bonchev–Trinajstić information content (AvgIpc) is 3.22. The molecule has 2 amide bonds. The zero-order chi connectivity index (χ0) is 19.9. The van der Waals surface area contributed by atoms with Crippen molar-refractivity contribution in [2.24, 2.45) is 5.92 Å². The molecule has 28 heavy (non-hydrogen) atoms. The van der Waals surface area contributed by atoms with E-state index in [-0.39, 0.29) is 11.8 Å². The number of carbonyl (C=O) groups is 2. The number of aromatic nitrogens is 1. The van der Waals surface area contributed by atoms with Gasteiger partial charge in [0.2, 0.25) is 5.91 Å². The van der Waals surface area contributed by atoms with Gasteiger partial charge < -0.3 is 14.3 Å². The molecule has 150 valence electrons. The normalized spacial score (nSPS) is 14.9. The Hall–Kier alpha value is -2.63. The van der Waals surface area contributed by atoms with Crippen LogP contribution in [0.25, 0.3) is 0 Å². The van der Waals surface area contributed by atoms with E-state index in [2.05, 4.69) is 5.16 Å². The van der Waals surface area contributed by atoms with E-state index in [1.54, 1.807) is 11.0 Å². The summed E-state index contributed by atoms with van der Waals surface area (Å²) in [7, 11) is 1.86. The number of benzene rings is 1. The summed E-state index contributed by atoms with van der Waals surface area (Å²) in [5.41, 5.74) is 1.54. The second kappa shape index (κ2) is 9.53. The van der Waals surface area contributed by atoms with Crippen molar-refractivity contribution in [3.05, 3.63) is 53.4 Å². The number of carbonyl (C=O) groups excluding carboxylic acids is 2. The molecule has 0 bridgehead atoms. The Kier molecular flexibility index (Phi) is 6.85. The highest BCUT2D eigenvalue weighted by atomic mass is 16.5. The standard InChI is InChI=1S/C22H29N3O3/c1-3-19-15-20(23-28-19)22(27)25-13-11-17(12-14-25)9-10-21(26)24(2)16-18-7-5-4-6-8-18/h4-8,15,17H,3,9-14,16H2,1-2H3. The van der Waals surface area contributed by atoms with E-state index in [0.29, 0.717) is 37.7 Å². The van der Waals surface area contributed by atoms with E-state index in [0.717, 1.165) is 37.0 Å². The molecular formula is C22H29N3O3. The maximum atomic E-state index is 12.5. The molecule has 6 nitrogen and oxygen atoms in total. The Morgan fingerprint density at radius 1 is 1.21 bits per heavy atom. The fourth-order valence-corrected chi connectivity index (χ4v) is 3.63. The van der Waals surface area contributed by atoms with Gasteiger partial charge in [0.1, 0.15) is 5.76 Å². The van der Waals surface area contributed by atoms with Crippen molar-refractivity contribution in [3.63, 3.8) is 0 Å². The molecule has 0 N–H and O–H groups in total. The molecule has 1 aromatic heterocycles. The van der Waals surface area contributed by atoms with E-state index in [4.69, 9.17) is 4.52 Å². The number of aryl methyl sites for hydroxylation is 1. The topological polar surface area (TPSA) is 66.7 Å². The van der Waals surface area contributed by atoms with Gasteiger partial charge in [0, 0.05) is 45.6 Å². The summed E-state index contributed by atoms with van der Waals surface area (Å²) in [5.74, 6) is 1.34. The number of nitrogens with zero attached hydrogens (tertiary/aromatic N) is 3. The van der Waals surface area contributed by atoms with E-state index in [9.17, 15) is 9.59 Å². The van der Waals surface area contributed by atoms with Crippen LogP contribution in [0.3, 0.4) is 0 Å². The Morgan fingerprint density at radius 3 is 2.57 bits per heavy atom. The summed E-state index contributed by atoms with van der Waals surface area (Å²) in [5, 5.41) is 3.88. The van der Waals surface area contributed by atoms with Crippen LogP contribution in [0.5, 0.6) is 0 Å². The predicted octanol–water partition coefficient (Wildman–Crippen LogP) is 3.53. The minimum absolute atomic E-state index is 0.0550. The molecule has 1 aliphatic rings. The van der Waals surface area contributed by atoms with Crippen LogP contribution in [-0.4, -0.2) is 46.9 Å². The van der Waals surface area contributed by atoms with Gasteiger partial charge in [0.25, 0.3) is 5.91 Å². The lowest BCUT2D eigenvalue weighted by Crippen LogP contribution is -2.39. The fourth-order valence-electron chi connectivity index (χ4n) is 3.63. The summed E-state index contributed by atoms with van der Waals surface area (Å²) in [6.07, 6.45) is 4.03. The first kappa shape index (κ1) is 20.1. The number of likely N-dealkylation sites (tertiary alicyclic amines) is 1. The number of hydrogen-bond acceptors (Lipinski definition) is 4. The molecule has 1 aliphatic heterocycles. The fraction of sp³-hybridized carbons (Fsp3) is 0.500. The Labute approximate surface area is 166 Å². The van der Waals surface area contributed by atoms with Crippen LogP contribution >= 0.6 is 0 Å². The van der Waals surface area contributed by atoms with Crippen LogP contribution in [0.15, 0.2) is 40.9 Å². The third-order valence-corrected chi connectivity index (χ3v) is 5.48. The Balaban J connectivity index is 1.40. The number of hydrogen-bond donors (Lipinski definition) is 0. The molecule has 2 heterocycles. The Bertz CT molecular complexity index is 779. The monoisotopic (exact) mass is 383 g/mol. The minimum atomic E-state index is -0.0550. The zero-order valence-corrected chi connectivity index (χ0v) is 16.8. The minimum Gasteiger partial charge on any atom is -0.361 e. The van der Waals surface area contributed by atoms with Crippen molar-refractivity contribution in [2.45, 2.75) is 45.6 Å². The number of rotatable bonds is 7. The quantitative estimate of drug-likeness (QED) is 0.734. The summed E-state index contributed by atoms with van der Waals surface area (Å²) in [6.45, 7) is 4.04. The lowest BCUT2D eigenvalue weighted by atomic mass is 9.91. The maximum Gasteiger partial charge on any atom is 0.276 e. The second-order valence-electron chi connectivity index (χ2n) is 7.54. The van der Waals surface area contributed by atoms with Gasteiger partial charge in [-0.25, -0.2) is 0 Å². The van der Waals surface area contributed by atoms with E-state index >= 15 is 0 Å². The summed E-state index contributed by atoms with van der Waals surface area (Å²) in [6, 6.07) is 11.8. The smallest absolute Gasteiger partial charge is 0.276 e. The lowest BCUT2D eigenvalue weighted by molar-refractivity contribution is -0.130. The lowest BCUT2D eigenvalue weighted by Gasteiger charge is -2.31. The van der Waals surface area contributed by atoms with Crippen LogP contribution in [0, 0.1) is 5.92 Å². The van der Waals surface area contributed by atoms with Crippen LogP contribution < -0.4 is 0 Å². The molecule has 6 heteroatoms. The van der Waals surface area contributed by atoms with Gasteiger partial charge in [-0.1, -0.05) is 42.4 Å². The SMILES string of the molecule is CCc1cc(C(=O)N2CCC(CCC(=O)N(C)Cc3ccccc3)CC2)no1. The largest absolute Gasteiger partial charge is 0.361 e. The van der Waals surface area contributed by atoms with Crippen LogP contribution in [0.2, 0.25) is 0 Å². The molecule has 0 atom stereocenters. The van der Waals surface area contributed by atoms with E-state index in [1.165, 1.54) is 0 Å². The van der Waals surface area contributed by atoms with Crippen LogP contribution in [-0.2, 0) is 17.8 Å². The molecule has 0 unspecified atom stereocenters. The third-order valence-electron chi connectivity index (χ3n) is 5.48. The van der Waals surface area contributed by atoms with E-state index in [1.807, 2.05) is 49.2 Å². The number of amides is 2. The molecule has 0 radical (unpaired) electrons. The first-order valence-electron chi connectivity index (χ1n) is 10.1. The van der Waals surface area contributed by atoms with Crippen molar-refractivity contribution < 1.29 is 14.1 Å². The van der Waals surface area contributed by atoms with Crippen molar-refractivity contribution >= 4 is 11.8 Å². The second-order valence-corrected chi connectivity index (χ2v) is 7.54. The molecule has 3 rings (SSSR count). The summed E-state index contributed by atoms with van der Waals surface area (Å²) < 4.78 is 5.14. The van der Waals surface area contributed by atoms with Gasteiger partial charge in [-0.05, 0) is 30.7 Å². The van der Waals surface area contributed by atoms with Crippen molar-refractivity contribution in [3.8, 4) is 0 Å². The van der Waals surface area contributed by atoms with Crippen LogP contribution in [0.1, 0.15) is 54.4 Å². The third kappa shape index (κ3) is 5.21. The van der Waals surface area contributed by atoms with Crippen molar-refractivity contribution in [1.82, 2.24) is 15.0 Å². The zero-order valence-electron chi connectivity index (χ0n) is 16.8. The van der Waals surface area contributed by atoms with Gasteiger partial charge >= 0.3 is 0 Å². The molecule has 0 spiro atoms. The van der Waals surface area contributed by atoms with E-state index < -0.39 is 0 Å². The van der Waals surface area contributed by atoms with Gasteiger partial charge in [-0.3, -0.25) is 9.59 Å². The first-order chi connectivity index (χ1) is 13.6. The number of piperidine rings is 1. The summed E-state index contributed by atoms with van der Waals surface area (Å²) >= 11 is 0. The first-order valence-corrected chi connectivity index (χ1v) is 10.1. The van der Waals surface area contributed by atoms with Gasteiger partial charge in [0.15, 0.2) is 5.69 Å². The van der Waals surface area contributed by atoms with Gasteiger partial charge in [-0.2, -0.15) is 0 Å². The highest BCUT2D eigenvalue weighted by Crippen LogP contribution is 2.23. The van der Waals surface area contributed by atoms with Crippen molar-refractivity contribution in [2.75, 3.05) is 20.1 Å². The van der Waals surface area contributed by atoms with Crippen molar-refractivity contribution in [1.29, 1.82) is 0 Å². The molecule has 1 saturated heterocycles. The molecular weight excluding hydrogens is 354 g/mol. The molecule has 2 aromatic rings. The highest BCUT2D eigenvalue weighted by Gasteiger charge is 2.26. The summed E-state index contributed by atoms with van der Waals surface area (Å²) in [4.78, 5) is 28.6. The Morgan fingerprint density at radius 2 is 1.93 bits per heavy atom. The van der Waals surface area contributed by atoms with Gasteiger partial charge in [-0.15, -0.1) is 0 Å². The molecule has 0 saturated carbocycles. The molecule has 1 fully saturated rings.